The Morgan fingerprint density at radius 1 is 1.33 bits per heavy atom. The van der Waals surface area contributed by atoms with Crippen LogP contribution in [-0.4, -0.2) is 49.5 Å². The number of aliphatic hydroxyl groups is 1. The van der Waals surface area contributed by atoms with Crippen molar-refractivity contribution < 1.29 is 24.2 Å². The minimum absolute atomic E-state index is 0.0443. The van der Waals surface area contributed by atoms with Gasteiger partial charge < -0.3 is 19.9 Å². The van der Waals surface area contributed by atoms with Crippen molar-refractivity contribution in [3.8, 4) is 0 Å². The molecule has 162 valence electrons. The van der Waals surface area contributed by atoms with Gasteiger partial charge in [0.05, 0.1) is 37.7 Å². The smallest absolute Gasteiger partial charge is 0.336 e. The summed E-state index contributed by atoms with van der Waals surface area (Å²) < 4.78 is 10.9. The van der Waals surface area contributed by atoms with Crippen LogP contribution in [0, 0.1) is 17.3 Å². The van der Waals surface area contributed by atoms with Crippen molar-refractivity contribution >= 4 is 18.0 Å². The molecule has 7 heteroatoms. The van der Waals surface area contributed by atoms with Gasteiger partial charge in [-0.2, -0.15) is 0 Å². The number of nitrogens with zero attached hydrogens (tertiary/aromatic N) is 1. The van der Waals surface area contributed by atoms with Crippen LogP contribution in [0.5, 0.6) is 0 Å². The van der Waals surface area contributed by atoms with Gasteiger partial charge in [-0.15, -0.1) is 0 Å². The topological polar surface area (TPSA) is 97.2 Å². The van der Waals surface area contributed by atoms with Crippen molar-refractivity contribution in [1.82, 2.24) is 5.32 Å². The summed E-state index contributed by atoms with van der Waals surface area (Å²) in [6.45, 7) is 6.27. The monoisotopic (exact) mass is 414 g/mol. The first-order valence-electron chi connectivity index (χ1n) is 10.4. The predicted octanol–water partition coefficient (Wildman–Crippen LogP) is 2.45. The Morgan fingerprint density at radius 2 is 2.13 bits per heavy atom. The van der Waals surface area contributed by atoms with Crippen LogP contribution in [0.25, 0.3) is 0 Å². The van der Waals surface area contributed by atoms with E-state index >= 15 is 0 Å². The first kappa shape index (κ1) is 22.2. The fourth-order valence-corrected chi connectivity index (χ4v) is 4.30. The average Bonchev–Trinajstić information content (AvgIpc) is 2.95. The molecule has 2 unspecified atom stereocenters. The number of aliphatic hydroxyl groups excluding tert-OH is 1. The highest BCUT2D eigenvalue weighted by Crippen LogP contribution is 2.46. The van der Waals surface area contributed by atoms with Crippen LogP contribution in [0.3, 0.4) is 0 Å². The number of esters is 1. The standard InChI is InChI=1S/C23H30N2O5/c1-4-30-22(28)21-17(14-29-11-10-26)25-16-12-23(2,3)13-18(27)20(16)19(21)15-6-5-8-24-9-7-15/h5-9,15,19,25-26H,4,10-14H2,1-3H3. The summed E-state index contributed by atoms with van der Waals surface area (Å²) in [6.07, 6.45) is 10.2. The summed E-state index contributed by atoms with van der Waals surface area (Å²) in [5, 5.41) is 12.4. The van der Waals surface area contributed by atoms with Crippen molar-refractivity contribution in [2.45, 2.75) is 33.6 Å². The number of Topliss-reactive ketones (excluding diaryl/α,β-unsaturated/α-hetero) is 1. The third kappa shape index (κ3) is 4.79. The van der Waals surface area contributed by atoms with Crippen molar-refractivity contribution in [3.05, 3.63) is 47.0 Å². The number of allylic oxidation sites excluding steroid dienone is 5. The van der Waals surface area contributed by atoms with Gasteiger partial charge in [0.25, 0.3) is 0 Å². The Hall–Kier alpha value is -2.51. The number of nitrogens with one attached hydrogen (secondary N) is 1. The van der Waals surface area contributed by atoms with E-state index in [1.54, 1.807) is 19.3 Å². The zero-order valence-electron chi connectivity index (χ0n) is 17.8. The van der Waals surface area contributed by atoms with E-state index in [4.69, 9.17) is 14.6 Å². The van der Waals surface area contributed by atoms with Gasteiger partial charge in [-0.1, -0.05) is 26.0 Å². The van der Waals surface area contributed by atoms with Crippen LogP contribution in [-0.2, 0) is 19.1 Å². The van der Waals surface area contributed by atoms with Gasteiger partial charge in [0.1, 0.15) is 0 Å². The molecule has 2 aliphatic heterocycles. The van der Waals surface area contributed by atoms with E-state index in [9.17, 15) is 9.59 Å². The first-order chi connectivity index (χ1) is 14.4. The van der Waals surface area contributed by atoms with E-state index in [0.717, 1.165) is 5.70 Å². The Kier molecular flexibility index (Phi) is 7.05. The molecule has 0 bridgehead atoms. The van der Waals surface area contributed by atoms with Crippen molar-refractivity contribution in [2.24, 2.45) is 22.2 Å². The van der Waals surface area contributed by atoms with Gasteiger partial charge in [-0.05, 0) is 24.8 Å². The van der Waals surface area contributed by atoms with Gasteiger partial charge in [0, 0.05) is 41.9 Å². The molecule has 2 heterocycles. The summed E-state index contributed by atoms with van der Waals surface area (Å²) in [5.41, 5.74) is 2.30. The van der Waals surface area contributed by atoms with Crippen molar-refractivity contribution in [2.75, 3.05) is 26.4 Å². The molecule has 0 spiro atoms. The number of rotatable bonds is 7. The molecular weight excluding hydrogens is 384 g/mol. The molecule has 30 heavy (non-hydrogen) atoms. The zero-order chi connectivity index (χ0) is 21.7. The maximum Gasteiger partial charge on any atom is 0.336 e. The van der Waals surface area contributed by atoms with E-state index in [-0.39, 0.29) is 43.5 Å². The van der Waals surface area contributed by atoms with E-state index in [0.29, 0.717) is 29.7 Å². The summed E-state index contributed by atoms with van der Waals surface area (Å²) in [4.78, 5) is 30.5. The highest BCUT2D eigenvalue weighted by molar-refractivity contribution is 6.02. The number of dihydropyridines is 1. The number of carbonyl (C=O) groups is 2. The van der Waals surface area contributed by atoms with Crippen molar-refractivity contribution in [1.29, 1.82) is 0 Å². The Morgan fingerprint density at radius 3 is 2.87 bits per heavy atom. The number of aliphatic imine (C=N–C) groups is 1. The lowest BCUT2D eigenvalue weighted by Gasteiger charge is -2.41. The summed E-state index contributed by atoms with van der Waals surface area (Å²) >= 11 is 0. The molecule has 0 aromatic heterocycles. The molecule has 0 radical (unpaired) electrons. The average molecular weight is 415 g/mol. The van der Waals surface area contributed by atoms with Crippen LogP contribution in [0.2, 0.25) is 0 Å². The molecule has 7 nitrogen and oxygen atoms in total. The lowest BCUT2D eigenvalue weighted by Crippen LogP contribution is -2.42. The van der Waals surface area contributed by atoms with Crippen molar-refractivity contribution in [3.63, 3.8) is 0 Å². The molecule has 0 aromatic carbocycles. The number of hydrogen-bond donors (Lipinski definition) is 2. The van der Waals surface area contributed by atoms with Gasteiger partial charge >= 0.3 is 5.97 Å². The van der Waals surface area contributed by atoms with Gasteiger partial charge in [0.2, 0.25) is 0 Å². The lowest BCUT2D eigenvalue weighted by molar-refractivity contribution is -0.139. The molecule has 0 amide bonds. The molecule has 3 aliphatic rings. The fourth-order valence-electron chi connectivity index (χ4n) is 4.30. The Balaban J connectivity index is 2.12. The number of hydrogen-bond acceptors (Lipinski definition) is 7. The Bertz CT molecular complexity index is 832. The number of carbonyl (C=O) groups excluding carboxylic acids is 2. The molecular formula is C23H30N2O5. The van der Waals surface area contributed by atoms with E-state index in [1.165, 1.54) is 0 Å². The fraction of sp³-hybridized carbons (Fsp3) is 0.522. The molecule has 0 saturated carbocycles. The molecule has 2 atom stereocenters. The summed E-state index contributed by atoms with van der Waals surface area (Å²) in [6, 6.07) is 0. The molecule has 0 aromatic rings. The summed E-state index contributed by atoms with van der Waals surface area (Å²) in [5.74, 6) is -1.13. The van der Waals surface area contributed by atoms with E-state index in [2.05, 4.69) is 24.2 Å². The van der Waals surface area contributed by atoms with Crippen LogP contribution < -0.4 is 5.32 Å². The van der Waals surface area contributed by atoms with E-state index < -0.39 is 11.9 Å². The lowest BCUT2D eigenvalue weighted by atomic mass is 9.67. The third-order valence-electron chi connectivity index (χ3n) is 5.43. The molecule has 2 N–H and O–H groups in total. The molecule has 3 rings (SSSR count). The largest absolute Gasteiger partial charge is 0.463 e. The van der Waals surface area contributed by atoms with Gasteiger partial charge in [-0.3, -0.25) is 9.79 Å². The summed E-state index contributed by atoms with van der Waals surface area (Å²) in [7, 11) is 0. The second-order valence-corrected chi connectivity index (χ2v) is 8.43. The van der Waals surface area contributed by atoms with Crippen LogP contribution in [0.4, 0.5) is 0 Å². The highest BCUT2D eigenvalue weighted by atomic mass is 16.5. The third-order valence-corrected chi connectivity index (χ3v) is 5.43. The normalized spacial score (nSPS) is 25.1. The molecule has 0 fully saturated rings. The predicted molar refractivity (Wildman–Crippen MR) is 113 cm³/mol. The second-order valence-electron chi connectivity index (χ2n) is 8.43. The van der Waals surface area contributed by atoms with Gasteiger partial charge in [0.15, 0.2) is 5.78 Å². The quantitative estimate of drug-likeness (QED) is 0.491. The minimum atomic E-state index is -0.481. The zero-order valence-corrected chi connectivity index (χ0v) is 17.8. The Labute approximate surface area is 177 Å². The maximum absolute atomic E-state index is 13.3. The van der Waals surface area contributed by atoms with Crippen LogP contribution in [0.15, 0.2) is 52.0 Å². The van der Waals surface area contributed by atoms with Gasteiger partial charge in [-0.25, -0.2) is 4.79 Å². The molecule has 0 saturated heterocycles. The highest BCUT2D eigenvalue weighted by Gasteiger charge is 2.45. The number of ether oxygens (including phenoxy) is 2. The number of ketones is 1. The van der Waals surface area contributed by atoms with Crippen LogP contribution in [0.1, 0.15) is 33.6 Å². The minimum Gasteiger partial charge on any atom is -0.463 e. The first-order valence-corrected chi connectivity index (χ1v) is 10.4. The van der Waals surface area contributed by atoms with Crippen LogP contribution >= 0.6 is 0 Å². The second kappa shape index (κ2) is 9.53. The molecule has 1 aliphatic carbocycles. The SMILES string of the molecule is CCOC(=O)C1=C(COCCO)NC2=C(C(=O)CC(C)(C)C2)C1C1C=CC=NC=C1. The maximum atomic E-state index is 13.3. The van der Waals surface area contributed by atoms with E-state index in [1.807, 2.05) is 18.2 Å².